The molecule has 1 amide bonds. The number of fused-ring (bicyclic) bond motifs is 1. The zero-order chi connectivity index (χ0) is 21.5. The summed E-state index contributed by atoms with van der Waals surface area (Å²) in [4.78, 5) is 24.7. The summed E-state index contributed by atoms with van der Waals surface area (Å²) in [6.07, 6.45) is 1.86. The standard InChI is InChI=1S/C24H23NO5/c1-16(24(27)25-21-10-6-8-17-7-4-5-9-20(17)21)30-23(26)14-12-18-11-13-19(28-2)15-22(18)29-3/h4-16H,1-3H3,(H,25,27)/b14-12+. The van der Waals surface area contributed by atoms with Crippen LogP contribution in [-0.2, 0) is 14.3 Å². The van der Waals surface area contributed by atoms with Gasteiger partial charge >= 0.3 is 5.97 Å². The Labute approximate surface area is 175 Å². The first-order valence-electron chi connectivity index (χ1n) is 9.41. The van der Waals surface area contributed by atoms with Crippen LogP contribution in [0, 0.1) is 0 Å². The van der Waals surface area contributed by atoms with Gasteiger partial charge in [-0.15, -0.1) is 0 Å². The van der Waals surface area contributed by atoms with Crippen LogP contribution in [0.5, 0.6) is 11.5 Å². The van der Waals surface area contributed by atoms with Gasteiger partial charge in [-0.25, -0.2) is 4.79 Å². The van der Waals surface area contributed by atoms with Gasteiger partial charge in [0.15, 0.2) is 6.10 Å². The van der Waals surface area contributed by atoms with Gasteiger partial charge in [0.1, 0.15) is 11.5 Å². The molecule has 1 unspecified atom stereocenters. The number of ether oxygens (including phenoxy) is 3. The topological polar surface area (TPSA) is 73.9 Å². The molecule has 0 spiro atoms. The van der Waals surface area contributed by atoms with Crippen LogP contribution >= 0.6 is 0 Å². The molecule has 1 N–H and O–H groups in total. The van der Waals surface area contributed by atoms with Gasteiger partial charge in [-0.05, 0) is 36.6 Å². The minimum absolute atomic E-state index is 0.407. The summed E-state index contributed by atoms with van der Waals surface area (Å²) < 4.78 is 15.7. The fraction of sp³-hybridized carbons (Fsp3) is 0.167. The van der Waals surface area contributed by atoms with Gasteiger partial charge in [0.05, 0.1) is 14.2 Å². The van der Waals surface area contributed by atoms with E-state index in [1.807, 2.05) is 42.5 Å². The highest BCUT2D eigenvalue weighted by Gasteiger charge is 2.17. The molecule has 3 aromatic carbocycles. The summed E-state index contributed by atoms with van der Waals surface area (Å²) >= 11 is 0. The molecule has 0 aliphatic rings. The predicted molar refractivity (Wildman–Crippen MR) is 117 cm³/mol. The number of benzene rings is 3. The van der Waals surface area contributed by atoms with E-state index in [9.17, 15) is 9.59 Å². The molecule has 6 nitrogen and oxygen atoms in total. The van der Waals surface area contributed by atoms with Crippen LogP contribution in [0.2, 0.25) is 0 Å². The summed E-state index contributed by atoms with van der Waals surface area (Å²) in [7, 11) is 3.09. The van der Waals surface area contributed by atoms with E-state index < -0.39 is 18.0 Å². The van der Waals surface area contributed by atoms with Crippen molar-refractivity contribution in [2.75, 3.05) is 19.5 Å². The molecule has 0 aliphatic carbocycles. The van der Waals surface area contributed by atoms with Crippen molar-refractivity contribution in [1.82, 2.24) is 0 Å². The van der Waals surface area contributed by atoms with Crippen LogP contribution in [0.1, 0.15) is 12.5 Å². The maximum atomic E-state index is 12.5. The average Bonchev–Trinajstić information content (AvgIpc) is 2.77. The Kier molecular flexibility index (Phi) is 6.70. The van der Waals surface area contributed by atoms with Gasteiger partial charge in [-0.1, -0.05) is 36.4 Å². The molecule has 3 aromatic rings. The van der Waals surface area contributed by atoms with E-state index in [-0.39, 0.29) is 0 Å². The van der Waals surface area contributed by atoms with Crippen LogP contribution in [-0.4, -0.2) is 32.2 Å². The third-order valence-corrected chi connectivity index (χ3v) is 4.55. The number of anilines is 1. The zero-order valence-corrected chi connectivity index (χ0v) is 17.0. The number of hydrogen-bond donors (Lipinski definition) is 1. The van der Waals surface area contributed by atoms with Crippen molar-refractivity contribution in [3.8, 4) is 11.5 Å². The van der Waals surface area contributed by atoms with Crippen molar-refractivity contribution in [3.05, 3.63) is 72.3 Å². The quantitative estimate of drug-likeness (QED) is 0.465. The van der Waals surface area contributed by atoms with E-state index in [1.54, 1.807) is 31.4 Å². The van der Waals surface area contributed by atoms with E-state index in [2.05, 4.69) is 5.32 Å². The van der Waals surface area contributed by atoms with E-state index in [4.69, 9.17) is 14.2 Å². The SMILES string of the molecule is COc1ccc(/C=C/C(=O)OC(C)C(=O)Nc2cccc3ccccc23)c(OC)c1. The minimum Gasteiger partial charge on any atom is -0.497 e. The number of nitrogens with one attached hydrogen (secondary N) is 1. The molecular weight excluding hydrogens is 382 g/mol. The molecule has 0 saturated heterocycles. The second-order valence-corrected chi connectivity index (χ2v) is 6.54. The predicted octanol–water partition coefficient (Wildman–Crippen LogP) is 4.44. The highest BCUT2D eigenvalue weighted by Crippen LogP contribution is 2.26. The fourth-order valence-corrected chi connectivity index (χ4v) is 2.95. The molecule has 1 atom stereocenters. The Morgan fingerprint density at radius 1 is 0.967 bits per heavy atom. The maximum absolute atomic E-state index is 12.5. The molecule has 0 fully saturated rings. The van der Waals surface area contributed by atoms with Crippen LogP contribution < -0.4 is 14.8 Å². The second-order valence-electron chi connectivity index (χ2n) is 6.54. The largest absolute Gasteiger partial charge is 0.497 e. The highest BCUT2D eigenvalue weighted by molar-refractivity contribution is 6.04. The van der Waals surface area contributed by atoms with Crippen molar-refractivity contribution in [1.29, 1.82) is 0 Å². The Balaban J connectivity index is 1.64. The van der Waals surface area contributed by atoms with Crippen LogP contribution in [0.4, 0.5) is 5.69 Å². The van der Waals surface area contributed by atoms with Gasteiger partial charge in [0, 0.05) is 28.8 Å². The third-order valence-electron chi connectivity index (χ3n) is 4.55. The number of carbonyl (C=O) groups excluding carboxylic acids is 2. The highest BCUT2D eigenvalue weighted by atomic mass is 16.5. The molecule has 30 heavy (non-hydrogen) atoms. The molecule has 0 bridgehead atoms. The maximum Gasteiger partial charge on any atom is 0.331 e. The number of esters is 1. The van der Waals surface area contributed by atoms with Gasteiger partial charge in [-0.3, -0.25) is 4.79 Å². The summed E-state index contributed by atoms with van der Waals surface area (Å²) in [5.74, 6) is 0.161. The Bertz CT molecular complexity index is 1080. The number of hydrogen-bond acceptors (Lipinski definition) is 5. The molecule has 0 heterocycles. The van der Waals surface area contributed by atoms with E-state index in [1.165, 1.54) is 20.1 Å². The van der Waals surface area contributed by atoms with Gasteiger partial charge in [0.2, 0.25) is 0 Å². The summed E-state index contributed by atoms with van der Waals surface area (Å²) in [5, 5.41) is 4.75. The van der Waals surface area contributed by atoms with Crippen molar-refractivity contribution < 1.29 is 23.8 Å². The smallest absolute Gasteiger partial charge is 0.331 e. The minimum atomic E-state index is -0.959. The lowest BCUT2D eigenvalue weighted by molar-refractivity contribution is -0.148. The normalized spacial score (nSPS) is 11.8. The molecule has 6 heteroatoms. The zero-order valence-electron chi connectivity index (χ0n) is 17.0. The van der Waals surface area contributed by atoms with Gasteiger partial charge in [0.25, 0.3) is 5.91 Å². The summed E-state index contributed by atoms with van der Waals surface area (Å²) in [5.41, 5.74) is 1.35. The van der Waals surface area contributed by atoms with E-state index >= 15 is 0 Å². The molecule has 0 radical (unpaired) electrons. The Morgan fingerprint density at radius 3 is 2.50 bits per heavy atom. The lowest BCUT2D eigenvalue weighted by Crippen LogP contribution is -2.29. The summed E-state index contributed by atoms with van der Waals surface area (Å²) in [6, 6.07) is 18.6. The number of carbonyl (C=O) groups is 2. The van der Waals surface area contributed by atoms with Crippen molar-refractivity contribution >= 4 is 34.4 Å². The van der Waals surface area contributed by atoms with Crippen LogP contribution in [0.3, 0.4) is 0 Å². The first-order valence-corrected chi connectivity index (χ1v) is 9.41. The molecule has 154 valence electrons. The first-order chi connectivity index (χ1) is 14.5. The van der Waals surface area contributed by atoms with Crippen LogP contribution in [0.25, 0.3) is 16.8 Å². The molecular formula is C24H23NO5. The van der Waals surface area contributed by atoms with E-state index in [0.717, 1.165) is 10.8 Å². The third kappa shape index (κ3) is 4.97. The Hall–Kier alpha value is -3.80. The molecule has 3 rings (SSSR count). The van der Waals surface area contributed by atoms with Gasteiger partial charge < -0.3 is 19.5 Å². The van der Waals surface area contributed by atoms with Crippen LogP contribution in [0.15, 0.2) is 66.7 Å². The molecule has 0 aromatic heterocycles. The van der Waals surface area contributed by atoms with Crippen molar-refractivity contribution in [2.24, 2.45) is 0 Å². The monoisotopic (exact) mass is 405 g/mol. The Morgan fingerprint density at radius 2 is 1.73 bits per heavy atom. The lowest BCUT2D eigenvalue weighted by Gasteiger charge is -2.14. The van der Waals surface area contributed by atoms with Crippen molar-refractivity contribution in [2.45, 2.75) is 13.0 Å². The number of rotatable bonds is 7. The molecule has 0 aliphatic heterocycles. The van der Waals surface area contributed by atoms with Gasteiger partial charge in [-0.2, -0.15) is 0 Å². The second kappa shape index (κ2) is 9.60. The average molecular weight is 405 g/mol. The lowest BCUT2D eigenvalue weighted by atomic mass is 10.1. The summed E-state index contributed by atoms with van der Waals surface area (Å²) in [6.45, 7) is 1.53. The fourth-order valence-electron chi connectivity index (χ4n) is 2.95. The molecule has 0 saturated carbocycles. The first kappa shape index (κ1) is 20.9. The van der Waals surface area contributed by atoms with Crippen molar-refractivity contribution in [3.63, 3.8) is 0 Å². The van der Waals surface area contributed by atoms with E-state index in [0.29, 0.717) is 22.7 Å². The number of amides is 1. The number of methoxy groups -OCH3 is 2.